The van der Waals surface area contributed by atoms with Crippen LogP contribution in [0, 0.1) is 11.3 Å². The molecular formula is C17H15ClN2O2. The molecule has 0 saturated carbocycles. The molecule has 22 heavy (non-hydrogen) atoms. The van der Waals surface area contributed by atoms with Crippen molar-refractivity contribution in [3.8, 4) is 11.8 Å². The Hall–Kier alpha value is -2.51. The Bertz CT molecular complexity index is 693. The van der Waals surface area contributed by atoms with Crippen LogP contribution >= 0.6 is 11.6 Å². The van der Waals surface area contributed by atoms with E-state index in [4.69, 9.17) is 21.6 Å². The van der Waals surface area contributed by atoms with Crippen LogP contribution in [0.15, 0.2) is 48.5 Å². The number of rotatable bonds is 5. The Morgan fingerprint density at radius 3 is 2.59 bits per heavy atom. The average Bonchev–Trinajstić information content (AvgIpc) is 2.51. The first-order valence-electron chi connectivity index (χ1n) is 6.78. The zero-order chi connectivity index (χ0) is 15.9. The molecule has 0 aliphatic carbocycles. The molecule has 1 atom stereocenters. The van der Waals surface area contributed by atoms with Gasteiger partial charge in [-0.1, -0.05) is 35.9 Å². The van der Waals surface area contributed by atoms with E-state index in [1.165, 1.54) is 0 Å². The number of carbonyl (C=O) groups is 1. The second kappa shape index (κ2) is 7.48. The fraction of sp³-hybridized carbons (Fsp3) is 0.176. The van der Waals surface area contributed by atoms with E-state index in [0.717, 1.165) is 5.56 Å². The molecule has 0 aliphatic rings. The van der Waals surface area contributed by atoms with Gasteiger partial charge in [-0.05, 0) is 36.8 Å². The molecular weight excluding hydrogens is 300 g/mol. The van der Waals surface area contributed by atoms with Crippen LogP contribution in [0.3, 0.4) is 0 Å². The van der Waals surface area contributed by atoms with Crippen LogP contribution in [-0.4, -0.2) is 12.0 Å². The molecule has 1 unspecified atom stereocenters. The molecule has 0 fully saturated rings. The van der Waals surface area contributed by atoms with Crippen LogP contribution in [0.25, 0.3) is 0 Å². The standard InChI is InChI=1S/C17H15ClN2O2/c1-12(22-16-5-3-2-4-15(16)18)17(21)20-14-8-6-13(7-9-14)10-11-19/h2-9,12H,10H2,1H3,(H,20,21). The van der Waals surface area contributed by atoms with E-state index in [-0.39, 0.29) is 5.91 Å². The Balaban J connectivity index is 1.96. The van der Waals surface area contributed by atoms with Crippen LogP contribution in [0.2, 0.25) is 5.02 Å². The van der Waals surface area contributed by atoms with Crippen LogP contribution in [0.5, 0.6) is 5.75 Å². The number of nitrogens with zero attached hydrogens (tertiary/aromatic N) is 1. The first-order valence-corrected chi connectivity index (χ1v) is 7.16. The van der Waals surface area contributed by atoms with Gasteiger partial charge in [0.15, 0.2) is 6.10 Å². The number of hydrogen-bond acceptors (Lipinski definition) is 3. The fourth-order valence-electron chi connectivity index (χ4n) is 1.83. The predicted octanol–water partition coefficient (Wildman–Crippen LogP) is 3.81. The predicted molar refractivity (Wildman–Crippen MR) is 85.9 cm³/mol. The molecule has 2 rings (SSSR count). The van der Waals surface area contributed by atoms with Crippen molar-refractivity contribution in [1.29, 1.82) is 5.26 Å². The quantitative estimate of drug-likeness (QED) is 0.912. The van der Waals surface area contributed by atoms with E-state index in [1.54, 1.807) is 55.5 Å². The number of nitrogens with one attached hydrogen (secondary N) is 1. The summed E-state index contributed by atoms with van der Waals surface area (Å²) in [7, 11) is 0. The molecule has 5 heteroatoms. The van der Waals surface area contributed by atoms with Crippen LogP contribution < -0.4 is 10.1 Å². The zero-order valence-corrected chi connectivity index (χ0v) is 12.8. The summed E-state index contributed by atoms with van der Waals surface area (Å²) in [5.74, 6) is 0.198. The Labute approximate surface area is 134 Å². The highest BCUT2D eigenvalue weighted by atomic mass is 35.5. The minimum absolute atomic E-state index is 0.270. The van der Waals surface area contributed by atoms with Crippen LogP contribution in [0.4, 0.5) is 5.69 Å². The van der Waals surface area contributed by atoms with E-state index in [9.17, 15) is 4.79 Å². The Morgan fingerprint density at radius 2 is 1.95 bits per heavy atom. The molecule has 112 valence electrons. The average molecular weight is 315 g/mol. The molecule has 4 nitrogen and oxygen atoms in total. The third kappa shape index (κ3) is 4.24. The maximum Gasteiger partial charge on any atom is 0.265 e. The molecule has 0 radical (unpaired) electrons. The Morgan fingerprint density at radius 1 is 1.27 bits per heavy atom. The molecule has 0 bridgehead atoms. The van der Waals surface area contributed by atoms with Crippen molar-refractivity contribution in [2.75, 3.05) is 5.32 Å². The highest BCUT2D eigenvalue weighted by molar-refractivity contribution is 6.32. The lowest BCUT2D eigenvalue weighted by Crippen LogP contribution is -2.30. The number of nitriles is 1. The maximum absolute atomic E-state index is 12.1. The normalized spacial score (nSPS) is 11.3. The van der Waals surface area contributed by atoms with Crippen LogP contribution in [0.1, 0.15) is 12.5 Å². The lowest BCUT2D eigenvalue weighted by Gasteiger charge is -2.15. The van der Waals surface area contributed by atoms with E-state index in [1.807, 2.05) is 0 Å². The number of anilines is 1. The van der Waals surface area contributed by atoms with Crippen molar-refractivity contribution in [3.05, 3.63) is 59.1 Å². The van der Waals surface area contributed by atoms with Gasteiger partial charge in [0.05, 0.1) is 17.5 Å². The summed E-state index contributed by atoms with van der Waals surface area (Å²) in [5.41, 5.74) is 1.56. The summed E-state index contributed by atoms with van der Waals surface area (Å²) in [5, 5.41) is 11.8. The van der Waals surface area contributed by atoms with E-state index in [0.29, 0.717) is 22.9 Å². The van der Waals surface area contributed by atoms with Crippen molar-refractivity contribution in [3.63, 3.8) is 0 Å². The van der Waals surface area contributed by atoms with E-state index in [2.05, 4.69) is 11.4 Å². The van der Waals surface area contributed by atoms with Crippen molar-refractivity contribution in [1.82, 2.24) is 0 Å². The molecule has 0 heterocycles. The van der Waals surface area contributed by atoms with Gasteiger partial charge >= 0.3 is 0 Å². The van der Waals surface area contributed by atoms with Gasteiger partial charge in [-0.3, -0.25) is 4.79 Å². The topological polar surface area (TPSA) is 62.1 Å². The first kappa shape index (κ1) is 15.9. The van der Waals surface area contributed by atoms with Crippen molar-refractivity contribution in [2.45, 2.75) is 19.4 Å². The Kier molecular flexibility index (Phi) is 5.40. The van der Waals surface area contributed by atoms with Gasteiger partial charge in [0, 0.05) is 5.69 Å². The second-order valence-corrected chi connectivity index (χ2v) is 5.12. The van der Waals surface area contributed by atoms with Crippen molar-refractivity contribution in [2.24, 2.45) is 0 Å². The van der Waals surface area contributed by atoms with E-state index < -0.39 is 6.10 Å². The number of amides is 1. The molecule has 0 saturated heterocycles. The largest absolute Gasteiger partial charge is 0.479 e. The highest BCUT2D eigenvalue weighted by Crippen LogP contribution is 2.24. The molecule has 2 aromatic carbocycles. The number of hydrogen-bond donors (Lipinski definition) is 1. The van der Waals surface area contributed by atoms with Crippen molar-refractivity contribution < 1.29 is 9.53 Å². The number of para-hydroxylation sites is 1. The van der Waals surface area contributed by atoms with Gasteiger partial charge < -0.3 is 10.1 Å². The molecule has 2 aromatic rings. The number of benzene rings is 2. The summed E-state index contributed by atoms with van der Waals surface area (Å²) < 4.78 is 5.55. The third-order valence-electron chi connectivity index (χ3n) is 3.01. The van der Waals surface area contributed by atoms with Gasteiger partial charge in [0.2, 0.25) is 0 Å². The minimum atomic E-state index is -0.682. The summed E-state index contributed by atoms with van der Waals surface area (Å²) in [6.45, 7) is 1.66. The second-order valence-electron chi connectivity index (χ2n) is 4.71. The third-order valence-corrected chi connectivity index (χ3v) is 3.33. The molecule has 0 aliphatic heterocycles. The number of carbonyl (C=O) groups excluding carboxylic acids is 1. The van der Waals surface area contributed by atoms with Gasteiger partial charge in [-0.25, -0.2) is 0 Å². The summed E-state index contributed by atoms with van der Waals surface area (Å²) >= 11 is 6.00. The van der Waals surface area contributed by atoms with Gasteiger partial charge in [-0.15, -0.1) is 0 Å². The lowest BCUT2D eigenvalue weighted by atomic mass is 10.1. The van der Waals surface area contributed by atoms with Gasteiger partial charge in [0.25, 0.3) is 5.91 Å². The molecule has 0 aromatic heterocycles. The monoisotopic (exact) mass is 314 g/mol. The highest BCUT2D eigenvalue weighted by Gasteiger charge is 2.16. The molecule has 1 N–H and O–H groups in total. The summed E-state index contributed by atoms with van der Waals surface area (Å²) in [6, 6.07) is 16.2. The summed E-state index contributed by atoms with van der Waals surface area (Å²) in [4.78, 5) is 12.1. The fourth-order valence-corrected chi connectivity index (χ4v) is 2.01. The summed E-state index contributed by atoms with van der Waals surface area (Å²) in [6.07, 6.45) is -0.334. The van der Waals surface area contributed by atoms with Gasteiger partial charge in [0.1, 0.15) is 5.75 Å². The lowest BCUT2D eigenvalue weighted by molar-refractivity contribution is -0.122. The smallest absolute Gasteiger partial charge is 0.265 e. The maximum atomic E-state index is 12.1. The number of ether oxygens (including phenoxy) is 1. The SMILES string of the molecule is CC(Oc1ccccc1Cl)C(=O)Nc1ccc(CC#N)cc1. The first-order chi connectivity index (χ1) is 10.6. The molecule has 0 spiro atoms. The number of halogens is 1. The van der Waals surface area contributed by atoms with Crippen LogP contribution in [-0.2, 0) is 11.2 Å². The van der Waals surface area contributed by atoms with Crippen molar-refractivity contribution >= 4 is 23.2 Å². The zero-order valence-electron chi connectivity index (χ0n) is 12.0. The van der Waals surface area contributed by atoms with Gasteiger partial charge in [-0.2, -0.15) is 5.26 Å². The molecule has 1 amide bonds. The van der Waals surface area contributed by atoms with E-state index >= 15 is 0 Å². The minimum Gasteiger partial charge on any atom is -0.479 e.